The highest BCUT2D eigenvalue weighted by molar-refractivity contribution is 6.33. The van der Waals surface area contributed by atoms with E-state index in [4.69, 9.17) is 25.5 Å². The smallest absolute Gasteiger partial charge is 0.261 e. The molecule has 0 spiro atoms. The molecule has 2 aromatic carbocycles. The fourth-order valence-electron chi connectivity index (χ4n) is 2.67. The van der Waals surface area contributed by atoms with E-state index in [2.05, 4.69) is 10.2 Å². The molecule has 3 rings (SSSR count). The van der Waals surface area contributed by atoms with Crippen LogP contribution in [0.15, 0.2) is 52.9 Å². The molecule has 0 atom stereocenters. The molecule has 0 aliphatic heterocycles. The number of ether oxygens (including phenoxy) is 2. The lowest BCUT2D eigenvalue weighted by molar-refractivity contribution is -0.136. The Kier molecular flexibility index (Phi) is 6.72. The molecule has 7 nitrogen and oxygen atoms in total. The van der Waals surface area contributed by atoms with Gasteiger partial charge >= 0.3 is 0 Å². The number of carbonyl (C=O) groups is 1. The first-order chi connectivity index (χ1) is 14.0. The molecule has 3 aromatic rings. The van der Waals surface area contributed by atoms with Crippen LogP contribution in [0.1, 0.15) is 19.7 Å². The maximum Gasteiger partial charge on any atom is 0.261 e. The molecule has 0 saturated heterocycles. The Morgan fingerprint density at radius 2 is 1.79 bits per heavy atom. The largest absolute Gasteiger partial charge is 0.497 e. The van der Waals surface area contributed by atoms with Crippen LogP contribution in [-0.2, 0) is 11.3 Å². The van der Waals surface area contributed by atoms with E-state index in [1.165, 1.54) is 0 Å². The predicted molar refractivity (Wildman–Crippen MR) is 109 cm³/mol. The second-order valence-electron chi connectivity index (χ2n) is 6.56. The molecule has 0 radical (unpaired) electrons. The Labute approximate surface area is 174 Å². The van der Waals surface area contributed by atoms with Gasteiger partial charge in [0.1, 0.15) is 11.5 Å². The van der Waals surface area contributed by atoms with Gasteiger partial charge in [-0.15, -0.1) is 10.2 Å². The zero-order valence-electron chi connectivity index (χ0n) is 16.5. The average Bonchev–Trinajstić information content (AvgIpc) is 3.19. The number of nitrogens with zero attached hydrogens (tertiary/aromatic N) is 3. The van der Waals surface area contributed by atoms with Crippen molar-refractivity contribution >= 4 is 17.5 Å². The Morgan fingerprint density at radius 1 is 1.10 bits per heavy atom. The molecule has 1 aromatic heterocycles. The van der Waals surface area contributed by atoms with Gasteiger partial charge in [0, 0.05) is 6.04 Å². The summed E-state index contributed by atoms with van der Waals surface area (Å²) in [7, 11) is 1.59. The van der Waals surface area contributed by atoms with Crippen LogP contribution in [0.4, 0.5) is 0 Å². The van der Waals surface area contributed by atoms with Gasteiger partial charge in [0.05, 0.1) is 24.2 Å². The van der Waals surface area contributed by atoms with Crippen molar-refractivity contribution in [1.29, 1.82) is 0 Å². The fourth-order valence-corrected chi connectivity index (χ4v) is 2.88. The average molecular weight is 416 g/mol. The summed E-state index contributed by atoms with van der Waals surface area (Å²) < 4.78 is 16.4. The molecule has 0 aliphatic rings. The lowest BCUT2D eigenvalue weighted by Crippen LogP contribution is -2.39. The van der Waals surface area contributed by atoms with Crippen molar-refractivity contribution < 1.29 is 18.7 Å². The van der Waals surface area contributed by atoms with Gasteiger partial charge in [-0.1, -0.05) is 23.7 Å². The molecular formula is C21H22ClN3O4. The van der Waals surface area contributed by atoms with Crippen LogP contribution in [0, 0.1) is 0 Å². The van der Waals surface area contributed by atoms with Crippen LogP contribution in [0.2, 0.25) is 5.02 Å². The van der Waals surface area contributed by atoms with Crippen LogP contribution < -0.4 is 9.47 Å². The van der Waals surface area contributed by atoms with E-state index in [1.54, 1.807) is 48.4 Å². The topological polar surface area (TPSA) is 77.7 Å². The van der Waals surface area contributed by atoms with E-state index in [9.17, 15) is 4.79 Å². The van der Waals surface area contributed by atoms with Crippen LogP contribution in [0.25, 0.3) is 11.5 Å². The van der Waals surface area contributed by atoms with Crippen molar-refractivity contribution in [2.75, 3.05) is 13.7 Å². The third-order valence-corrected chi connectivity index (χ3v) is 4.57. The van der Waals surface area contributed by atoms with E-state index < -0.39 is 0 Å². The number of methoxy groups -OCH3 is 1. The number of rotatable bonds is 8. The third-order valence-electron chi connectivity index (χ3n) is 4.24. The minimum absolute atomic E-state index is 0.0716. The fraction of sp³-hybridized carbons (Fsp3) is 0.286. The molecule has 1 heterocycles. The van der Waals surface area contributed by atoms with Crippen molar-refractivity contribution in [3.05, 3.63) is 59.4 Å². The molecule has 29 heavy (non-hydrogen) atoms. The van der Waals surface area contributed by atoms with Gasteiger partial charge in [-0.3, -0.25) is 4.79 Å². The summed E-state index contributed by atoms with van der Waals surface area (Å²) in [6.45, 7) is 3.91. The number of benzene rings is 2. The van der Waals surface area contributed by atoms with Gasteiger partial charge in [-0.25, -0.2) is 0 Å². The first kappa shape index (κ1) is 20.7. The summed E-state index contributed by atoms with van der Waals surface area (Å²) in [6, 6.07) is 14.2. The standard InChI is InChI=1S/C21H22ClN3O4/c1-14(2)25(20(26)13-28-16-10-8-15(27-3)9-11-16)12-19-23-24-21(29-19)17-6-4-5-7-18(17)22/h4-11,14H,12-13H2,1-3H3. The van der Waals surface area contributed by atoms with Gasteiger partial charge in [0.15, 0.2) is 6.61 Å². The van der Waals surface area contributed by atoms with Gasteiger partial charge in [0.2, 0.25) is 11.8 Å². The van der Waals surface area contributed by atoms with Gasteiger partial charge in [-0.2, -0.15) is 0 Å². The Morgan fingerprint density at radius 3 is 2.45 bits per heavy atom. The summed E-state index contributed by atoms with van der Waals surface area (Å²) in [5.74, 6) is 1.76. The highest BCUT2D eigenvalue weighted by atomic mass is 35.5. The molecule has 0 fully saturated rings. The predicted octanol–water partition coefficient (Wildman–Crippen LogP) is 4.21. The lowest BCUT2D eigenvalue weighted by atomic mass is 10.2. The van der Waals surface area contributed by atoms with Crippen molar-refractivity contribution in [2.45, 2.75) is 26.4 Å². The Bertz CT molecular complexity index is 957. The molecule has 0 aliphatic carbocycles. The second kappa shape index (κ2) is 9.43. The highest BCUT2D eigenvalue weighted by Crippen LogP contribution is 2.26. The molecule has 0 saturated carbocycles. The van der Waals surface area contributed by atoms with Crippen LogP contribution in [0.5, 0.6) is 11.5 Å². The van der Waals surface area contributed by atoms with Crippen LogP contribution >= 0.6 is 11.6 Å². The van der Waals surface area contributed by atoms with Crippen LogP contribution in [0.3, 0.4) is 0 Å². The van der Waals surface area contributed by atoms with E-state index in [-0.39, 0.29) is 25.1 Å². The molecule has 0 N–H and O–H groups in total. The van der Waals surface area contributed by atoms with Gasteiger partial charge < -0.3 is 18.8 Å². The first-order valence-corrected chi connectivity index (χ1v) is 9.49. The molecule has 0 unspecified atom stereocenters. The monoisotopic (exact) mass is 415 g/mol. The summed E-state index contributed by atoms with van der Waals surface area (Å²) in [4.78, 5) is 14.3. The third kappa shape index (κ3) is 5.26. The van der Waals surface area contributed by atoms with Crippen molar-refractivity contribution in [1.82, 2.24) is 15.1 Å². The first-order valence-electron chi connectivity index (χ1n) is 9.11. The SMILES string of the molecule is COc1ccc(OCC(=O)N(Cc2nnc(-c3ccccc3Cl)o2)C(C)C)cc1. The minimum atomic E-state index is -0.187. The normalized spacial score (nSPS) is 10.8. The number of halogens is 1. The summed E-state index contributed by atoms with van der Waals surface area (Å²) in [6.07, 6.45) is 0. The van der Waals surface area contributed by atoms with Crippen molar-refractivity contribution in [2.24, 2.45) is 0 Å². The summed E-state index contributed by atoms with van der Waals surface area (Å²) in [5.41, 5.74) is 0.651. The van der Waals surface area contributed by atoms with E-state index in [1.807, 2.05) is 26.0 Å². The number of hydrogen-bond acceptors (Lipinski definition) is 6. The Balaban J connectivity index is 1.65. The molecule has 1 amide bonds. The number of carbonyl (C=O) groups excluding carboxylic acids is 1. The van der Waals surface area contributed by atoms with E-state index in [0.29, 0.717) is 28.1 Å². The molecular weight excluding hydrogens is 394 g/mol. The van der Waals surface area contributed by atoms with E-state index in [0.717, 1.165) is 5.75 Å². The van der Waals surface area contributed by atoms with E-state index >= 15 is 0 Å². The van der Waals surface area contributed by atoms with Crippen LogP contribution in [-0.4, -0.2) is 40.8 Å². The van der Waals surface area contributed by atoms with Gasteiger partial charge in [0.25, 0.3) is 5.91 Å². The van der Waals surface area contributed by atoms with Gasteiger partial charge in [-0.05, 0) is 50.2 Å². The molecule has 8 heteroatoms. The number of amides is 1. The number of aromatic nitrogens is 2. The van der Waals surface area contributed by atoms with Crippen molar-refractivity contribution in [3.8, 4) is 23.0 Å². The zero-order valence-corrected chi connectivity index (χ0v) is 17.2. The summed E-state index contributed by atoms with van der Waals surface area (Å²) in [5, 5.41) is 8.62. The number of hydrogen-bond donors (Lipinski definition) is 0. The second-order valence-corrected chi connectivity index (χ2v) is 6.97. The Hall–Kier alpha value is -3.06. The quantitative estimate of drug-likeness (QED) is 0.548. The molecule has 152 valence electrons. The van der Waals surface area contributed by atoms with Crippen molar-refractivity contribution in [3.63, 3.8) is 0 Å². The maximum atomic E-state index is 12.7. The summed E-state index contributed by atoms with van der Waals surface area (Å²) >= 11 is 6.18. The minimum Gasteiger partial charge on any atom is -0.497 e. The maximum absolute atomic E-state index is 12.7. The lowest BCUT2D eigenvalue weighted by Gasteiger charge is -2.25. The zero-order chi connectivity index (χ0) is 20.8. The highest BCUT2D eigenvalue weighted by Gasteiger charge is 2.21. The molecule has 0 bridgehead atoms.